The number of carbonyl (C=O) groups is 1. The minimum Gasteiger partial charge on any atom is -0.305 e. The number of nitrogens with two attached hydrogens (primary N) is 1. The number of pyridine rings is 1. The minimum atomic E-state index is -3.38. The average Bonchev–Trinajstić information content (AvgIpc) is 3.05. The van der Waals surface area contributed by atoms with Gasteiger partial charge in [-0.15, -0.1) is 4.36 Å². The number of fused-ring (bicyclic) bond motifs is 2. The molecule has 2 heterocycles. The van der Waals surface area contributed by atoms with E-state index in [2.05, 4.69) is 14.8 Å². The van der Waals surface area contributed by atoms with E-state index in [-0.39, 0.29) is 5.03 Å². The molecule has 0 bridgehead atoms. The zero-order chi connectivity index (χ0) is 18.6. The molecule has 2 amide bonds. The molecule has 0 radical (unpaired) electrons. The topological polar surface area (TPSA) is 115 Å². The third kappa shape index (κ3) is 3.04. The maximum absolute atomic E-state index is 12.8. The Morgan fingerprint density at radius 2 is 1.85 bits per heavy atom. The lowest BCUT2D eigenvalue weighted by molar-refractivity contribution is 0.260. The van der Waals surface area contributed by atoms with Crippen molar-refractivity contribution in [2.45, 2.75) is 62.4 Å². The molecule has 1 fully saturated rings. The smallest absolute Gasteiger partial charge is 0.305 e. The van der Waals surface area contributed by atoms with Gasteiger partial charge in [-0.25, -0.2) is 14.1 Å². The van der Waals surface area contributed by atoms with Gasteiger partial charge in [0.05, 0.1) is 11.7 Å². The maximum Gasteiger partial charge on any atom is 0.354 e. The number of aromatic nitrogens is 3. The van der Waals surface area contributed by atoms with E-state index in [1.54, 1.807) is 16.9 Å². The largest absolute Gasteiger partial charge is 0.354 e. The molecule has 2 aromatic rings. The Morgan fingerprint density at radius 1 is 1.19 bits per heavy atom. The summed E-state index contributed by atoms with van der Waals surface area (Å²) in [5.41, 5.74) is 5.16. The lowest BCUT2D eigenvalue weighted by atomic mass is 10.1. The number of anilines is 1. The molecule has 0 aliphatic heterocycles. The Labute approximate surface area is 157 Å². The molecule has 8 nitrogen and oxygen atoms in total. The number of urea groups is 1. The zero-order valence-corrected chi connectivity index (χ0v) is 15.8. The summed E-state index contributed by atoms with van der Waals surface area (Å²) in [6.07, 6.45) is 9.61. The highest BCUT2D eigenvalue weighted by Crippen LogP contribution is 2.37. The van der Waals surface area contributed by atoms with Crippen molar-refractivity contribution in [3.05, 3.63) is 34.8 Å². The lowest BCUT2D eigenvalue weighted by Gasteiger charge is -2.14. The quantitative estimate of drug-likeness (QED) is 0.843. The molecule has 0 spiro atoms. The van der Waals surface area contributed by atoms with Crippen LogP contribution in [-0.2, 0) is 35.6 Å². The molecule has 142 valence electrons. The van der Waals surface area contributed by atoms with Crippen molar-refractivity contribution in [1.82, 2.24) is 14.8 Å². The number of nitrogens with one attached hydrogen (secondary N) is 1. The third-order valence-electron chi connectivity index (χ3n) is 5.51. The number of aryl methyl sites for hydroxylation is 2. The summed E-state index contributed by atoms with van der Waals surface area (Å²) in [7, 11) is -3.38. The Morgan fingerprint density at radius 3 is 2.48 bits per heavy atom. The average molecular weight is 386 g/mol. The molecule has 3 N–H and O–H groups in total. The van der Waals surface area contributed by atoms with Gasteiger partial charge in [0, 0.05) is 17.6 Å². The van der Waals surface area contributed by atoms with E-state index in [1.807, 2.05) is 0 Å². The van der Waals surface area contributed by atoms with Crippen LogP contribution in [0.5, 0.6) is 0 Å². The van der Waals surface area contributed by atoms with E-state index < -0.39 is 15.9 Å². The van der Waals surface area contributed by atoms with E-state index in [0.717, 1.165) is 79.6 Å². The normalized spacial score (nSPS) is 20.0. The van der Waals surface area contributed by atoms with E-state index >= 15 is 0 Å². The van der Waals surface area contributed by atoms with E-state index in [4.69, 9.17) is 10.1 Å². The fourth-order valence-corrected chi connectivity index (χ4v) is 4.91. The van der Waals surface area contributed by atoms with Gasteiger partial charge in [-0.1, -0.05) is 0 Å². The van der Waals surface area contributed by atoms with Crippen LogP contribution in [0.1, 0.15) is 54.2 Å². The predicted molar refractivity (Wildman–Crippen MR) is 101 cm³/mol. The molecule has 1 saturated carbocycles. The fourth-order valence-electron chi connectivity index (χ4n) is 4.06. The Balaban J connectivity index is 1.45. The summed E-state index contributed by atoms with van der Waals surface area (Å²) in [5.74, 6) is 0. The van der Waals surface area contributed by atoms with Crippen molar-refractivity contribution in [2.24, 2.45) is 9.50 Å². The highest BCUT2D eigenvalue weighted by molar-refractivity contribution is 7.91. The zero-order valence-electron chi connectivity index (χ0n) is 15.0. The van der Waals surface area contributed by atoms with Gasteiger partial charge in [0.2, 0.25) is 0 Å². The molecular formula is C18H22N6O2S. The van der Waals surface area contributed by atoms with Crippen molar-refractivity contribution in [3.63, 3.8) is 0 Å². The summed E-state index contributed by atoms with van der Waals surface area (Å²) in [4.78, 5) is 17.3. The van der Waals surface area contributed by atoms with Crippen molar-refractivity contribution < 1.29 is 9.00 Å². The van der Waals surface area contributed by atoms with Crippen LogP contribution in [0.25, 0.3) is 0 Å². The lowest BCUT2D eigenvalue weighted by Crippen LogP contribution is -2.19. The molecule has 5 rings (SSSR count). The summed E-state index contributed by atoms with van der Waals surface area (Å²) in [6, 6.07) is 1.25. The third-order valence-corrected chi connectivity index (χ3v) is 6.76. The molecular weight excluding hydrogens is 364 g/mol. The van der Waals surface area contributed by atoms with Gasteiger partial charge < -0.3 is 5.32 Å². The summed E-state index contributed by atoms with van der Waals surface area (Å²) >= 11 is 0. The number of nitrogens with zero attached hydrogens (tertiary/aromatic N) is 4. The van der Waals surface area contributed by atoms with Gasteiger partial charge in [0.1, 0.15) is 0 Å². The number of amides is 2. The first-order valence-corrected chi connectivity index (χ1v) is 11.0. The first kappa shape index (κ1) is 16.9. The second kappa shape index (κ2) is 6.13. The Hall–Kier alpha value is -2.26. The minimum absolute atomic E-state index is 0.148. The van der Waals surface area contributed by atoms with Gasteiger partial charge >= 0.3 is 6.03 Å². The van der Waals surface area contributed by atoms with Crippen molar-refractivity contribution >= 4 is 21.6 Å². The van der Waals surface area contributed by atoms with E-state index in [1.165, 1.54) is 0 Å². The molecule has 27 heavy (non-hydrogen) atoms. The van der Waals surface area contributed by atoms with Gasteiger partial charge in [-0.2, -0.15) is 5.10 Å². The molecule has 0 saturated heterocycles. The first-order chi connectivity index (χ1) is 13.0. The first-order valence-electron chi connectivity index (χ1n) is 9.46. The van der Waals surface area contributed by atoms with Gasteiger partial charge in [-0.05, 0) is 68.6 Å². The highest BCUT2D eigenvalue weighted by atomic mass is 32.2. The number of hydrogen-bond donors (Lipinski definition) is 2. The monoisotopic (exact) mass is 386 g/mol. The highest BCUT2D eigenvalue weighted by Gasteiger charge is 2.28. The van der Waals surface area contributed by atoms with Crippen LogP contribution in [-0.4, -0.2) is 25.0 Å². The molecule has 2 aromatic heterocycles. The van der Waals surface area contributed by atoms with E-state index in [9.17, 15) is 9.00 Å². The second-order valence-electron chi connectivity index (χ2n) is 7.50. The summed E-state index contributed by atoms with van der Waals surface area (Å²) in [6.45, 7) is 0. The maximum atomic E-state index is 12.8. The van der Waals surface area contributed by atoms with Gasteiger partial charge in [0.25, 0.3) is 0 Å². The molecule has 1 unspecified atom stereocenters. The Kier molecular flexibility index (Phi) is 3.83. The predicted octanol–water partition coefficient (Wildman–Crippen LogP) is 2.52. The van der Waals surface area contributed by atoms with Crippen molar-refractivity contribution in [2.75, 3.05) is 5.32 Å². The van der Waals surface area contributed by atoms with Crippen LogP contribution in [0, 0.1) is 0 Å². The molecule has 0 aromatic carbocycles. The number of hydrogen-bond acceptors (Lipinski definition) is 4. The standard InChI is InChI=1S/C18H22N6O2S/c19-27(26,16-9-10-24(22-16)11-7-8-11)23-18(25)21-17-12-3-1-5-14(12)20-15-6-2-4-13(15)17/h9-11H,1-8H2,(H3,19,20,21,23,25,26). The van der Waals surface area contributed by atoms with Crippen LogP contribution in [0.3, 0.4) is 0 Å². The second-order valence-corrected chi connectivity index (χ2v) is 9.24. The number of rotatable bonds is 3. The molecule has 3 aliphatic carbocycles. The fraction of sp³-hybridized carbons (Fsp3) is 0.500. The van der Waals surface area contributed by atoms with Crippen LogP contribution in [0.4, 0.5) is 10.5 Å². The van der Waals surface area contributed by atoms with Crippen LogP contribution >= 0.6 is 0 Å². The number of carbonyl (C=O) groups excluding carboxylic acids is 1. The van der Waals surface area contributed by atoms with Crippen molar-refractivity contribution in [3.8, 4) is 0 Å². The summed E-state index contributed by atoms with van der Waals surface area (Å²) < 4.78 is 18.3. The van der Waals surface area contributed by atoms with Gasteiger partial charge in [-0.3, -0.25) is 9.67 Å². The SMILES string of the molecule is NS(=O)(=NC(=O)Nc1c2c(nc3c1CCC3)CCC2)c1ccn(C2CC2)n1. The van der Waals surface area contributed by atoms with E-state index in [0.29, 0.717) is 6.04 Å². The van der Waals surface area contributed by atoms with Crippen molar-refractivity contribution in [1.29, 1.82) is 0 Å². The van der Waals surface area contributed by atoms with Crippen LogP contribution in [0.2, 0.25) is 0 Å². The molecule has 9 heteroatoms. The van der Waals surface area contributed by atoms with Crippen LogP contribution in [0.15, 0.2) is 21.7 Å². The summed E-state index contributed by atoms with van der Waals surface area (Å²) in [5, 5.41) is 13.1. The van der Waals surface area contributed by atoms with Crippen LogP contribution < -0.4 is 10.5 Å². The van der Waals surface area contributed by atoms with Gasteiger partial charge in [0.15, 0.2) is 14.9 Å². The molecule has 3 aliphatic rings. The molecule has 1 atom stereocenters. The Bertz CT molecular complexity index is 1030.